The Bertz CT molecular complexity index is 172. The van der Waals surface area contributed by atoms with Gasteiger partial charge >= 0.3 is 0 Å². The number of likely N-dealkylation sites (N-methyl/N-ethyl adjacent to an activating group) is 2. The standard InChI is InChI=1S/C13H29N3/c1-5-16(6-2)12-11-15(4)13-7-9-14(3)10-8-13/h13H,5-12H2,1-4H3/p+3. The van der Waals surface area contributed by atoms with Crippen molar-refractivity contribution in [3.05, 3.63) is 0 Å². The van der Waals surface area contributed by atoms with Gasteiger partial charge in [-0.05, 0) is 13.8 Å². The molecule has 0 amide bonds. The van der Waals surface area contributed by atoms with Crippen LogP contribution in [0.15, 0.2) is 0 Å². The first kappa shape index (κ1) is 13.9. The highest BCUT2D eigenvalue weighted by molar-refractivity contribution is 4.58. The molecule has 0 aromatic rings. The minimum absolute atomic E-state index is 0.929. The van der Waals surface area contributed by atoms with Crippen LogP contribution in [0.25, 0.3) is 0 Å². The highest BCUT2D eigenvalue weighted by atomic mass is 15.2. The molecule has 16 heavy (non-hydrogen) atoms. The fourth-order valence-corrected chi connectivity index (χ4v) is 2.79. The van der Waals surface area contributed by atoms with Crippen molar-refractivity contribution < 1.29 is 14.7 Å². The molecule has 1 heterocycles. The van der Waals surface area contributed by atoms with Crippen molar-refractivity contribution in [3.63, 3.8) is 0 Å². The summed E-state index contributed by atoms with van der Waals surface area (Å²) < 4.78 is 0. The molecule has 3 N–H and O–H groups in total. The first-order chi connectivity index (χ1) is 7.67. The molecule has 1 fully saturated rings. The number of quaternary nitrogens is 3. The average Bonchev–Trinajstić information content (AvgIpc) is 2.31. The fourth-order valence-electron chi connectivity index (χ4n) is 2.79. The third-order valence-corrected chi connectivity index (χ3v) is 4.41. The van der Waals surface area contributed by atoms with Crippen LogP contribution in [0.4, 0.5) is 0 Å². The lowest BCUT2D eigenvalue weighted by molar-refractivity contribution is -0.970. The quantitative estimate of drug-likeness (QED) is 0.433. The van der Waals surface area contributed by atoms with Crippen molar-refractivity contribution >= 4 is 0 Å². The Hall–Kier alpha value is -0.120. The number of likely N-dealkylation sites (tertiary alicyclic amines) is 1. The van der Waals surface area contributed by atoms with Gasteiger partial charge in [-0.25, -0.2) is 0 Å². The first-order valence-corrected chi connectivity index (χ1v) is 7.14. The maximum absolute atomic E-state index is 2.40. The summed E-state index contributed by atoms with van der Waals surface area (Å²) in [6.07, 6.45) is 2.84. The van der Waals surface area contributed by atoms with Gasteiger partial charge in [-0.2, -0.15) is 0 Å². The minimum Gasteiger partial charge on any atom is -0.337 e. The van der Waals surface area contributed by atoms with Crippen LogP contribution in [0.1, 0.15) is 26.7 Å². The van der Waals surface area contributed by atoms with E-state index >= 15 is 0 Å². The lowest BCUT2D eigenvalue weighted by atomic mass is 10.0. The second kappa shape index (κ2) is 7.25. The van der Waals surface area contributed by atoms with Gasteiger partial charge in [0.15, 0.2) is 0 Å². The molecular formula is C13H32N3+3. The van der Waals surface area contributed by atoms with Crippen molar-refractivity contribution in [1.29, 1.82) is 0 Å². The van der Waals surface area contributed by atoms with Gasteiger partial charge in [-0.15, -0.1) is 0 Å². The molecule has 96 valence electrons. The Kier molecular flexibility index (Phi) is 6.32. The van der Waals surface area contributed by atoms with E-state index in [0.29, 0.717) is 0 Å². The summed E-state index contributed by atoms with van der Waals surface area (Å²) in [5.41, 5.74) is 0. The largest absolute Gasteiger partial charge is 0.337 e. The SMILES string of the molecule is CC[NH+](CC)CC[NH+](C)C1CC[NH+](C)CC1. The van der Waals surface area contributed by atoms with Crippen LogP contribution >= 0.6 is 0 Å². The zero-order valence-corrected chi connectivity index (χ0v) is 11.7. The van der Waals surface area contributed by atoms with Crippen molar-refractivity contribution in [1.82, 2.24) is 0 Å². The monoisotopic (exact) mass is 230 g/mol. The van der Waals surface area contributed by atoms with Crippen LogP contribution in [0, 0.1) is 0 Å². The lowest BCUT2D eigenvalue weighted by Crippen LogP contribution is -3.22. The maximum atomic E-state index is 2.40. The average molecular weight is 230 g/mol. The Morgan fingerprint density at radius 3 is 2.12 bits per heavy atom. The summed E-state index contributed by atoms with van der Waals surface area (Å²) in [6, 6.07) is 0.929. The summed E-state index contributed by atoms with van der Waals surface area (Å²) in [6.45, 7) is 12.6. The van der Waals surface area contributed by atoms with Crippen LogP contribution in [0.3, 0.4) is 0 Å². The van der Waals surface area contributed by atoms with E-state index in [0.717, 1.165) is 6.04 Å². The minimum atomic E-state index is 0.929. The molecule has 1 unspecified atom stereocenters. The van der Waals surface area contributed by atoms with E-state index in [1.807, 2.05) is 0 Å². The Morgan fingerprint density at radius 2 is 1.62 bits per heavy atom. The molecule has 1 rings (SSSR count). The number of hydrogen-bond donors (Lipinski definition) is 3. The number of rotatable bonds is 6. The third kappa shape index (κ3) is 4.40. The predicted octanol–water partition coefficient (Wildman–Crippen LogP) is -2.90. The van der Waals surface area contributed by atoms with E-state index in [4.69, 9.17) is 0 Å². The van der Waals surface area contributed by atoms with Crippen LogP contribution < -0.4 is 14.7 Å². The van der Waals surface area contributed by atoms with Gasteiger partial charge in [0.05, 0.1) is 46.3 Å². The highest BCUT2D eigenvalue weighted by Crippen LogP contribution is 1.93. The Morgan fingerprint density at radius 1 is 1.06 bits per heavy atom. The van der Waals surface area contributed by atoms with Gasteiger partial charge < -0.3 is 14.7 Å². The molecule has 3 heteroatoms. The van der Waals surface area contributed by atoms with Crippen molar-refractivity contribution in [3.8, 4) is 0 Å². The second-order valence-corrected chi connectivity index (χ2v) is 5.53. The summed E-state index contributed by atoms with van der Waals surface area (Å²) >= 11 is 0. The van der Waals surface area contributed by atoms with Crippen molar-refractivity contribution in [2.45, 2.75) is 32.7 Å². The molecule has 3 nitrogen and oxygen atoms in total. The summed E-state index contributed by atoms with van der Waals surface area (Å²) in [5.74, 6) is 0. The van der Waals surface area contributed by atoms with E-state index in [2.05, 4.69) is 27.9 Å². The van der Waals surface area contributed by atoms with E-state index in [9.17, 15) is 0 Å². The molecule has 0 spiro atoms. The summed E-state index contributed by atoms with van der Waals surface area (Å²) in [7, 11) is 4.72. The molecule has 1 aliphatic heterocycles. The Balaban J connectivity index is 2.21. The van der Waals surface area contributed by atoms with E-state index in [-0.39, 0.29) is 0 Å². The van der Waals surface area contributed by atoms with Crippen LogP contribution in [0.5, 0.6) is 0 Å². The zero-order chi connectivity index (χ0) is 12.0. The third-order valence-electron chi connectivity index (χ3n) is 4.41. The number of piperidine rings is 1. The Labute approximate surface area is 101 Å². The van der Waals surface area contributed by atoms with Gasteiger partial charge in [0.25, 0.3) is 0 Å². The van der Waals surface area contributed by atoms with E-state index < -0.39 is 0 Å². The van der Waals surface area contributed by atoms with Crippen molar-refractivity contribution in [2.24, 2.45) is 0 Å². The van der Waals surface area contributed by atoms with E-state index in [1.54, 1.807) is 14.7 Å². The van der Waals surface area contributed by atoms with Gasteiger partial charge in [0.1, 0.15) is 13.1 Å². The zero-order valence-electron chi connectivity index (χ0n) is 11.7. The molecule has 1 aliphatic rings. The molecule has 0 aromatic carbocycles. The van der Waals surface area contributed by atoms with Crippen molar-refractivity contribution in [2.75, 3.05) is 53.4 Å². The van der Waals surface area contributed by atoms with Gasteiger partial charge in [0.2, 0.25) is 0 Å². The van der Waals surface area contributed by atoms with Crippen LogP contribution in [-0.2, 0) is 0 Å². The van der Waals surface area contributed by atoms with Gasteiger partial charge in [0, 0.05) is 12.8 Å². The number of hydrogen-bond acceptors (Lipinski definition) is 0. The molecule has 0 bridgehead atoms. The second-order valence-electron chi connectivity index (χ2n) is 5.53. The molecular weight excluding hydrogens is 198 g/mol. The molecule has 0 saturated carbocycles. The molecule has 0 aromatic heterocycles. The van der Waals surface area contributed by atoms with Gasteiger partial charge in [-0.3, -0.25) is 0 Å². The number of nitrogens with one attached hydrogen (secondary N) is 3. The topological polar surface area (TPSA) is 13.3 Å². The molecule has 1 atom stereocenters. The molecule has 1 saturated heterocycles. The van der Waals surface area contributed by atoms with Gasteiger partial charge in [-0.1, -0.05) is 0 Å². The first-order valence-electron chi connectivity index (χ1n) is 7.14. The lowest BCUT2D eigenvalue weighted by Gasteiger charge is -2.31. The fraction of sp³-hybridized carbons (Fsp3) is 1.00. The normalized spacial score (nSPS) is 28.3. The van der Waals surface area contributed by atoms with Crippen LogP contribution in [0.2, 0.25) is 0 Å². The van der Waals surface area contributed by atoms with Crippen LogP contribution in [-0.4, -0.2) is 59.4 Å². The van der Waals surface area contributed by atoms with E-state index in [1.165, 1.54) is 52.1 Å². The predicted molar refractivity (Wildman–Crippen MR) is 68.3 cm³/mol. The molecule has 0 radical (unpaired) electrons. The maximum Gasteiger partial charge on any atom is 0.127 e. The highest BCUT2D eigenvalue weighted by Gasteiger charge is 2.26. The smallest absolute Gasteiger partial charge is 0.127 e. The summed E-state index contributed by atoms with van der Waals surface area (Å²) in [4.78, 5) is 5.24. The summed E-state index contributed by atoms with van der Waals surface area (Å²) in [5, 5.41) is 0. The molecule has 0 aliphatic carbocycles.